The number of nitrogens with zero attached hydrogens (tertiary/aromatic N) is 6. The lowest BCUT2D eigenvalue weighted by molar-refractivity contribution is 0.668. The first kappa shape index (κ1) is 31.7. The molecule has 0 saturated carbocycles. The van der Waals surface area contributed by atoms with Crippen LogP contribution in [0.2, 0.25) is 0 Å². The number of hydrogen-bond acceptors (Lipinski definition) is 8. The highest BCUT2D eigenvalue weighted by molar-refractivity contribution is 6.07. The fraction of sp³-hybridized carbons (Fsp3) is 0. The number of fused-ring (bicyclic) bond motifs is 6. The van der Waals surface area contributed by atoms with E-state index in [0.29, 0.717) is 34.9 Å². The molecule has 0 fully saturated rings. The second kappa shape index (κ2) is 12.9. The van der Waals surface area contributed by atoms with Crippen LogP contribution in [0.15, 0.2) is 179 Å². The second-order valence-electron chi connectivity index (χ2n) is 13.5. The predicted octanol–water partition coefficient (Wildman–Crippen LogP) is 11.9. The molecule has 0 aliphatic heterocycles. The summed E-state index contributed by atoms with van der Waals surface area (Å²) in [7, 11) is 0. The van der Waals surface area contributed by atoms with Crippen LogP contribution in [0, 0.1) is 0 Å². The molecule has 0 atom stereocenters. The van der Waals surface area contributed by atoms with Crippen molar-refractivity contribution >= 4 is 43.9 Å². The van der Waals surface area contributed by atoms with Crippen LogP contribution >= 0.6 is 0 Å². The Hall–Kier alpha value is -7.84. The Kier molecular flexibility index (Phi) is 7.31. The second-order valence-corrected chi connectivity index (χ2v) is 13.5. The minimum atomic E-state index is 0.530. The summed E-state index contributed by atoms with van der Waals surface area (Å²) in [6, 6.07) is 56.2. The number of benzene rings is 7. The lowest BCUT2D eigenvalue weighted by atomic mass is 10.1. The molecule has 8 nitrogen and oxygen atoms in total. The summed E-state index contributed by atoms with van der Waals surface area (Å²) in [5, 5.41) is 4.09. The normalized spacial score (nSPS) is 11.6. The highest BCUT2D eigenvalue weighted by Crippen LogP contribution is 2.35. The average molecular weight is 721 g/mol. The van der Waals surface area contributed by atoms with Crippen molar-refractivity contribution in [3.05, 3.63) is 170 Å². The van der Waals surface area contributed by atoms with E-state index in [2.05, 4.69) is 24.3 Å². The first-order chi connectivity index (χ1) is 27.7. The third-order valence-electron chi connectivity index (χ3n) is 9.98. The molecule has 0 aliphatic carbocycles. The van der Waals surface area contributed by atoms with Crippen molar-refractivity contribution in [1.29, 1.82) is 0 Å². The van der Waals surface area contributed by atoms with E-state index < -0.39 is 0 Å². The molecule has 11 rings (SSSR count). The maximum Gasteiger partial charge on any atom is 0.164 e. The zero-order valence-corrected chi connectivity index (χ0v) is 29.7. The van der Waals surface area contributed by atoms with E-state index in [1.165, 1.54) is 0 Å². The summed E-state index contributed by atoms with van der Waals surface area (Å²) in [6.07, 6.45) is 0. The van der Waals surface area contributed by atoms with Crippen LogP contribution in [0.4, 0.5) is 0 Å². The van der Waals surface area contributed by atoms with E-state index in [4.69, 9.17) is 38.7 Å². The summed E-state index contributed by atoms with van der Waals surface area (Å²) < 4.78 is 12.2. The fourth-order valence-electron chi connectivity index (χ4n) is 7.23. The van der Waals surface area contributed by atoms with Gasteiger partial charge in [0.2, 0.25) is 0 Å². The van der Waals surface area contributed by atoms with Crippen molar-refractivity contribution in [2.24, 2.45) is 0 Å². The minimum absolute atomic E-state index is 0.530. The Morgan fingerprint density at radius 3 is 0.982 bits per heavy atom. The van der Waals surface area contributed by atoms with Crippen molar-refractivity contribution in [3.8, 4) is 68.3 Å². The van der Waals surface area contributed by atoms with Gasteiger partial charge in [0.25, 0.3) is 0 Å². The Morgan fingerprint density at radius 2 is 0.554 bits per heavy atom. The molecule has 0 bridgehead atoms. The van der Waals surface area contributed by atoms with Crippen molar-refractivity contribution in [3.63, 3.8) is 0 Å². The highest BCUT2D eigenvalue weighted by atomic mass is 16.3. The summed E-state index contributed by atoms with van der Waals surface area (Å²) in [5.74, 6) is 3.32. The fourth-order valence-corrected chi connectivity index (χ4v) is 7.23. The van der Waals surface area contributed by atoms with Crippen LogP contribution in [0.5, 0.6) is 0 Å². The van der Waals surface area contributed by atoms with Crippen LogP contribution in [0.3, 0.4) is 0 Å². The Balaban J connectivity index is 1.06. The number of aromatic nitrogens is 6. The van der Waals surface area contributed by atoms with Gasteiger partial charge in [0.1, 0.15) is 22.3 Å². The summed E-state index contributed by atoms with van der Waals surface area (Å²) in [4.78, 5) is 30.1. The lowest BCUT2D eigenvalue weighted by Crippen LogP contribution is -2.01. The molecule has 4 heterocycles. The standard InChI is InChI=1S/C48H28N6O2/c1-3-12-29(13-4-1)43-49-45(53-47(51-43)33-22-24-41-37(27-33)35-18-7-9-20-39(35)55-41)31-16-11-17-32(26-31)46-50-44(30-14-5-2-6-15-30)52-48(54-46)34-23-25-42-38(28-34)36-19-8-10-21-40(36)56-42/h1-28H. The zero-order chi connectivity index (χ0) is 37.0. The van der Waals surface area contributed by atoms with Gasteiger partial charge < -0.3 is 8.83 Å². The maximum atomic E-state index is 6.12. The molecule has 8 heteroatoms. The monoisotopic (exact) mass is 720 g/mol. The van der Waals surface area contributed by atoms with Crippen LogP contribution in [-0.2, 0) is 0 Å². The maximum absolute atomic E-state index is 6.12. The van der Waals surface area contributed by atoms with Gasteiger partial charge in [-0.25, -0.2) is 29.9 Å². The van der Waals surface area contributed by atoms with E-state index in [-0.39, 0.29) is 0 Å². The van der Waals surface area contributed by atoms with E-state index in [9.17, 15) is 0 Å². The van der Waals surface area contributed by atoms with Gasteiger partial charge in [0, 0.05) is 54.9 Å². The molecule has 0 N–H and O–H groups in total. The number of furan rings is 2. The molecule has 4 aromatic heterocycles. The predicted molar refractivity (Wildman–Crippen MR) is 220 cm³/mol. The van der Waals surface area contributed by atoms with Gasteiger partial charge in [-0.1, -0.05) is 115 Å². The van der Waals surface area contributed by atoms with E-state index in [0.717, 1.165) is 77.3 Å². The number of hydrogen-bond donors (Lipinski definition) is 0. The largest absolute Gasteiger partial charge is 0.456 e. The minimum Gasteiger partial charge on any atom is -0.456 e. The van der Waals surface area contributed by atoms with Crippen molar-refractivity contribution in [1.82, 2.24) is 29.9 Å². The SMILES string of the molecule is c1ccc(-c2nc(-c3cccc(-c4nc(-c5ccccc5)nc(-c5ccc6oc7ccccc7c6c5)n4)c3)nc(-c3ccc4oc5ccccc5c4c3)n2)cc1. The molecular weight excluding hydrogens is 693 g/mol. The van der Waals surface area contributed by atoms with Crippen molar-refractivity contribution < 1.29 is 8.83 Å². The van der Waals surface area contributed by atoms with Gasteiger partial charge >= 0.3 is 0 Å². The van der Waals surface area contributed by atoms with Gasteiger partial charge in [-0.2, -0.15) is 0 Å². The van der Waals surface area contributed by atoms with E-state index in [1.54, 1.807) is 0 Å². The third-order valence-corrected chi connectivity index (χ3v) is 9.98. The number of rotatable bonds is 6. The summed E-state index contributed by atoms with van der Waals surface area (Å²) in [5.41, 5.74) is 8.39. The van der Waals surface area contributed by atoms with Crippen molar-refractivity contribution in [2.45, 2.75) is 0 Å². The highest BCUT2D eigenvalue weighted by Gasteiger charge is 2.18. The Morgan fingerprint density at radius 1 is 0.232 bits per heavy atom. The molecule has 0 amide bonds. The van der Waals surface area contributed by atoms with Crippen LogP contribution < -0.4 is 0 Å². The van der Waals surface area contributed by atoms with Crippen molar-refractivity contribution in [2.75, 3.05) is 0 Å². The molecule has 11 aromatic rings. The van der Waals surface area contributed by atoms with Gasteiger partial charge in [-0.3, -0.25) is 0 Å². The Bertz CT molecular complexity index is 3050. The third kappa shape index (κ3) is 5.56. The Labute approximate surface area is 319 Å². The average Bonchev–Trinajstić information content (AvgIpc) is 3.84. The lowest BCUT2D eigenvalue weighted by Gasteiger charge is -2.11. The van der Waals surface area contributed by atoms with E-state index in [1.807, 2.05) is 146 Å². The molecule has 0 unspecified atom stereocenters. The quantitative estimate of drug-likeness (QED) is 0.167. The van der Waals surface area contributed by atoms with E-state index >= 15 is 0 Å². The molecule has 0 spiro atoms. The van der Waals surface area contributed by atoms with Gasteiger partial charge in [-0.05, 0) is 54.6 Å². The van der Waals surface area contributed by atoms with Crippen LogP contribution in [0.25, 0.3) is 112 Å². The first-order valence-electron chi connectivity index (χ1n) is 18.3. The molecular formula is C48H28N6O2. The molecule has 0 radical (unpaired) electrons. The first-order valence-corrected chi connectivity index (χ1v) is 18.3. The number of para-hydroxylation sites is 2. The van der Waals surface area contributed by atoms with Gasteiger partial charge in [0.15, 0.2) is 34.9 Å². The van der Waals surface area contributed by atoms with Crippen LogP contribution in [-0.4, -0.2) is 29.9 Å². The topological polar surface area (TPSA) is 104 Å². The zero-order valence-electron chi connectivity index (χ0n) is 29.7. The van der Waals surface area contributed by atoms with Gasteiger partial charge in [0.05, 0.1) is 0 Å². The molecule has 7 aromatic carbocycles. The summed E-state index contributed by atoms with van der Waals surface area (Å²) >= 11 is 0. The summed E-state index contributed by atoms with van der Waals surface area (Å²) in [6.45, 7) is 0. The molecule has 262 valence electrons. The molecule has 0 saturated heterocycles. The van der Waals surface area contributed by atoms with Crippen LogP contribution in [0.1, 0.15) is 0 Å². The molecule has 56 heavy (non-hydrogen) atoms. The molecule has 0 aliphatic rings. The van der Waals surface area contributed by atoms with Gasteiger partial charge in [-0.15, -0.1) is 0 Å². The smallest absolute Gasteiger partial charge is 0.164 e.